The van der Waals surface area contributed by atoms with Gasteiger partial charge < -0.3 is 20.1 Å². The molecule has 1 aliphatic rings. The number of nitrogens with one attached hydrogen (secondary N) is 1. The van der Waals surface area contributed by atoms with E-state index in [-0.39, 0.29) is 6.03 Å². The molecule has 21 heavy (non-hydrogen) atoms. The molecule has 1 unspecified atom stereocenters. The molecule has 0 aromatic heterocycles. The maximum atomic E-state index is 12.1. The van der Waals surface area contributed by atoms with Crippen LogP contribution in [0.5, 0.6) is 0 Å². The van der Waals surface area contributed by atoms with Gasteiger partial charge in [0.25, 0.3) is 0 Å². The van der Waals surface area contributed by atoms with E-state index in [1.54, 1.807) is 4.90 Å². The minimum Gasteiger partial charge on any atom is -0.481 e. The fraction of sp³-hybridized carbons (Fsp3) is 0.867. The zero-order chi connectivity index (χ0) is 15.7. The van der Waals surface area contributed by atoms with Crippen molar-refractivity contribution in [1.82, 2.24) is 10.2 Å². The molecule has 0 aromatic rings. The van der Waals surface area contributed by atoms with Crippen molar-refractivity contribution >= 4 is 12.0 Å². The minimum atomic E-state index is -0.801. The number of hydrogen-bond acceptors (Lipinski definition) is 3. The van der Waals surface area contributed by atoms with Gasteiger partial charge in [-0.25, -0.2) is 4.79 Å². The first-order valence-corrected chi connectivity index (χ1v) is 7.89. The second kappa shape index (κ2) is 8.87. The van der Waals surface area contributed by atoms with E-state index in [2.05, 4.69) is 12.2 Å². The third kappa shape index (κ3) is 5.19. The van der Waals surface area contributed by atoms with E-state index in [9.17, 15) is 14.7 Å². The molecule has 0 aliphatic carbocycles. The summed E-state index contributed by atoms with van der Waals surface area (Å²) in [7, 11) is 0. The molecule has 0 bridgehead atoms. The van der Waals surface area contributed by atoms with Crippen molar-refractivity contribution in [1.29, 1.82) is 0 Å². The smallest absolute Gasteiger partial charge is 0.317 e. The lowest BCUT2D eigenvalue weighted by atomic mass is 9.78. The Bertz CT molecular complexity index is 349. The summed E-state index contributed by atoms with van der Waals surface area (Å²) >= 11 is 0. The predicted octanol–water partition coefficient (Wildman–Crippen LogP) is 2.09. The molecule has 1 aliphatic heterocycles. The van der Waals surface area contributed by atoms with Crippen LogP contribution in [-0.4, -0.2) is 54.9 Å². The van der Waals surface area contributed by atoms with Crippen LogP contribution >= 0.6 is 0 Å². The van der Waals surface area contributed by atoms with E-state index in [0.29, 0.717) is 45.7 Å². The standard InChI is InChI=1S/C15H28N2O4/c1-3-5-10-21-11-8-16-14(20)17-9-6-7-15(4-2,12-17)13(18)19/h3-12H2,1-2H3,(H,16,20)(H,18,19). The summed E-state index contributed by atoms with van der Waals surface area (Å²) in [5.41, 5.74) is -0.785. The van der Waals surface area contributed by atoms with Crippen molar-refractivity contribution in [3.05, 3.63) is 0 Å². The highest BCUT2D eigenvalue weighted by Crippen LogP contribution is 2.33. The maximum absolute atomic E-state index is 12.1. The van der Waals surface area contributed by atoms with Crippen LogP contribution in [0.4, 0.5) is 4.79 Å². The molecule has 122 valence electrons. The van der Waals surface area contributed by atoms with E-state index < -0.39 is 11.4 Å². The maximum Gasteiger partial charge on any atom is 0.317 e. The van der Waals surface area contributed by atoms with E-state index in [1.807, 2.05) is 6.92 Å². The van der Waals surface area contributed by atoms with Crippen LogP contribution in [0, 0.1) is 5.41 Å². The van der Waals surface area contributed by atoms with Crippen LogP contribution in [0.1, 0.15) is 46.0 Å². The van der Waals surface area contributed by atoms with Gasteiger partial charge in [-0.2, -0.15) is 0 Å². The summed E-state index contributed by atoms with van der Waals surface area (Å²) in [4.78, 5) is 25.2. The number of carbonyl (C=O) groups excluding carboxylic acids is 1. The number of nitrogens with zero attached hydrogens (tertiary/aromatic N) is 1. The summed E-state index contributed by atoms with van der Waals surface area (Å²) in [6, 6.07) is -0.187. The molecular formula is C15H28N2O4. The molecule has 0 saturated carbocycles. The van der Waals surface area contributed by atoms with Gasteiger partial charge in [0.15, 0.2) is 0 Å². The molecular weight excluding hydrogens is 272 g/mol. The summed E-state index contributed by atoms with van der Waals surface area (Å²) in [5.74, 6) is -0.801. The van der Waals surface area contributed by atoms with Crippen LogP contribution in [0.2, 0.25) is 0 Å². The molecule has 6 nitrogen and oxygen atoms in total. The largest absolute Gasteiger partial charge is 0.481 e. The van der Waals surface area contributed by atoms with E-state index >= 15 is 0 Å². The monoisotopic (exact) mass is 300 g/mol. The Morgan fingerprint density at radius 1 is 1.33 bits per heavy atom. The van der Waals surface area contributed by atoms with Gasteiger partial charge in [0.2, 0.25) is 0 Å². The van der Waals surface area contributed by atoms with Crippen LogP contribution < -0.4 is 5.32 Å². The number of rotatable bonds is 8. The Morgan fingerprint density at radius 2 is 2.10 bits per heavy atom. The molecule has 1 atom stereocenters. The van der Waals surface area contributed by atoms with E-state index in [1.165, 1.54) is 0 Å². The van der Waals surface area contributed by atoms with Gasteiger partial charge in [-0.15, -0.1) is 0 Å². The number of ether oxygens (including phenoxy) is 1. The van der Waals surface area contributed by atoms with Crippen LogP contribution in [0.25, 0.3) is 0 Å². The normalized spacial score (nSPS) is 22.1. The Morgan fingerprint density at radius 3 is 2.71 bits per heavy atom. The Labute approximate surface area is 126 Å². The molecule has 2 N–H and O–H groups in total. The fourth-order valence-corrected chi connectivity index (χ4v) is 2.61. The van der Waals surface area contributed by atoms with Crippen molar-refractivity contribution in [2.45, 2.75) is 46.0 Å². The Kier molecular flexibility index (Phi) is 7.50. The lowest BCUT2D eigenvalue weighted by Gasteiger charge is -2.39. The summed E-state index contributed by atoms with van der Waals surface area (Å²) in [5, 5.41) is 12.2. The average Bonchev–Trinajstić information content (AvgIpc) is 2.50. The van der Waals surface area contributed by atoms with E-state index in [0.717, 1.165) is 19.3 Å². The molecule has 1 rings (SSSR count). The zero-order valence-electron chi connectivity index (χ0n) is 13.2. The van der Waals surface area contributed by atoms with E-state index in [4.69, 9.17) is 4.74 Å². The first kappa shape index (κ1) is 17.8. The first-order valence-electron chi connectivity index (χ1n) is 7.89. The number of carboxylic acid groups (broad SMARTS) is 1. The summed E-state index contributed by atoms with van der Waals surface area (Å²) in [6.07, 6.45) is 4.04. The van der Waals surface area contributed by atoms with Crippen LogP contribution in [0.15, 0.2) is 0 Å². The predicted molar refractivity (Wildman–Crippen MR) is 80.3 cm³/mol. The molecule has 1 saturated heterocycles. The highest BCUT2D eigenvalue weighted by molar-refractivity contribution is 5.78. The number of carbonyl (C=O) groups is 2. The van der Waals surface area contributed by atoms with Crippen molar-refractivity contribution in [3.8, 4) is 0 Å². The van der Waals surface area contributed by atoms with Gasteiger partial charge in [-0.3, -0.25) is 4.79 Å². The van der Waals surface area contributed by atoms with Gasteiger partial charge in [0.05, 0.1) is 12.0 Å². The van der Waals surface area contributed by atoms with Gasteiger partial charge in [0, 0.05) is 26.2 Å². The van der Waals surface area contributed by atoms with Gasteiger partial charge in [-0.1, -0.05) is 20.3 Å². The number of carboxylic acids is 1. The highest BCUT2D eigenvalue weighted by atomic mass is 16.5. The first-order chi connectivity index (χ1) is 10.1. The molecule has 0 spiro atoms. The average molecular weight is 300 g/mol. The number of amides is 2. The third-order valence-electron chi connectivity index (χ3n) is 4.16. The Hall–Kier alpha value is -1.30. The number of unbranched alkanes of at least 4 members (excludes halogenated alkanes) is 1. The number of likely N-dealkylation sites (tertiary alicyclic amines) is 1. The van der Waals surface area contributed by atoms with Gasteiger partial charge in [0.1, 0.15) is 0 Å². The van der Waals surface area contributed by atoms with Crippen molar-refractivity contribution < 1.29 is 19.4 Å². The second-order valence-electron chi connectivity index (χ2n) is 5.66. The van der Waals surface area contributed by atoms with Gasteiger partial charge in [-0.05, 0) is 25.7 Å². The lowest BCUT2D eigenvalue weighted by Crippen LogP contribution is -2.52. The number of piperidine rings is 1. The lowest BCUT2D eigenvalue weighted by molar-refractivity contribution is -0.152. The molecule has 6 heteroatoms. The molecule has 1 heterocycles. The molecule has 2 amide bonds. The zero-order valence-corrected chi connectivity index (χ0v) is 13.2. The minimum absolute atomic E-state index is 0.187. The SMILES string of the molecule is CCCCOCCNC(=O)N1CCCC(CC)(C(=O)O)C1. The summed E-state index contributed by atoms with van der Waals surface area (Å²) in [6.45, 7) is 6.57. The van der Waals surface area contributed by atoms with Gasteiger partial charge >= 0.3 is 12.0 Å². The van der Waals surface area contributed by atoms with Crippen molar-refractivity contribution in [2.24, 2.45) is 5.41 Å². The Balaban J connectivity index is 2.35. The van der Waals surface area contributed by atoms with Crippen molar-refractivity contribution in [2.75, 3.05) is 32.8 Å². The number of aliphatic carboxylic acids is 1. The van der Waals surface area contributed by atoms with Crippen LogP contribution in [-0.2, 0) is 9.53 Å². The topological polar surface area (TPSA) is 78.9 Å². The number of urea groups is 1. The van der Waals surface area contributed by atoms with Crippen molar-refractivity contribution in [3.63, 3.8) is 0 Å². The number of hydrogen-bond donors (Lipinski definition) is 2. The second-order valence-corrected chi connectivity index (χ2v) is 5.66. The molecule has 0 radical (unpaired) electrons. The highest BCUT2D eigenvalue weighted by Gasteiger charge is 2.42. The van der Waals surface area contributed by atoms with Crippen LogP contribution in [0.3, 0.4) is 0 Å². The molecule has 1 fully saturated rings. The fourth-order valence-electron chi connectivity index (χ4n) is 2.61. The third-order valence-corrected chi connectivity index (χ3v) is 4.16. The molecule has 0 aromatic carbocycles. The quantitative estimate of drug-likeness (QED) is 0.673. The summed E-state index contributed by atoms with van der Waals surface area (Å²) < 4.78 is 5.38.